The van der Waals surface area contributed by atoms with E-state index in [0.717, 1.165) is 13.1 Å². The lowest BCUT2D eigenvalue weighted by Gasteiger charge is -1.94. The Labute approximate surface area is 94.6 Å². The molecule has 3 heteroatoms. The van der Waals surface area contributed by atoms with Crippen molar-refractivity contribution >= 4 is 33.8 Å². The summed E-state index contributed by atoms with van der Waals surface area (Å²) in [4.78, 5) is 1.42. The number of hydrogen-bond acceptors (Lipinski definition) is 2. The molecule has 0 bridgehead atoms. The molecule has 0 fully saturated rings. The highest BCUT2D eigenvalue weighted by molar-refractivity contribution is 7.19. The third-order valence-electron chi connectivity index (χ3n) is 2.03. The second-order valence-corrected chi connectivity index (χ2v) is 4.20. The largest absolute Gasteiger partial charge is 0.312 e. The fourth-order valence-corrected chi connectivity index (χ4v) is 2.41. The quantitative estimate of drug-likeness (QED) is 0.847. The third-order valence-corrected chi connectivity index (χ3v) is 3.14. The minimum absolute atomic E-state index is 0. The lowest BCUT2D eigenvalue weighted by molar-refractivity contribution is 0.736. The molecule has 0 unspecified atom stereocenters. The van der Waals surface area contributed by atoms with Gasteiger partial charge in [0.25, 0.3) is 0 Å². The molecule has 0 aliphatic rings. The molecule has 1 N–H and O–H groups in total. The second kappa shape index (κ2) is 5.35. The molecule has 14 heavy (non-hydrogen) atoms. The van der Waals surface area contributed by atoms with Gasteiger partial charge in [0.05, 0.1) is 0 Å². The normalized spacial score (nSPS) is 10.1. The van der Waals surface area contributed by atoms with E-state index in [1.54, 1.807) is 0 Å². The highest BCUT2D eigenvalue weighted by Crippen LogP contribution is 2.24. The van der Waals surface area contributed by atoms with E-state index in [2.05, 4.69) is 42.6 Å². The molecular formula is C11H14ClNS. The Morgan fingerprint density at radius 2 is 2.07 bits per heavy atom. The molecule has 76 valence electrons. The maximum absolute atomic E-state index is 3.34. The average molecular weight is 228 g/mol. The van der Waals surface area contributed by atoms with E-state index in [1.165, 1.54) is 15.0 Å². The van der Waals surface area contributed by atoms with Gasteiger partial charge in [-0.3, -0.25) is 0 Å². The minimum atomic E-state index is 0. The smallest absolute Gasteiger partial charge is 0.0346 e. The average Bonchev–Trinajstić information content (AvgIpc) is 2.57. The Kier molecular flexibility index (Phi) is 4.39. The first-order chi connectivity index (χ1) is 6.40. The fourth-order valence-electron chi connectivity index (χ4n) is 1.37. The number of fused-ring (bicyclic) bond motifs is 1. The molecular weight excluding hydrogens is 214 g/mol. The number of halogens is 1. The Balaban J connectivity index is 0.000000980. The zero-order valence-electron chi connectivity index (χ0n) is 8.12. The summed E-state index contributed by atoms with van der Waals surface area (Å²) in [5, 5.41) is 4.70. The van der Waals surface area contributed by atoms with Crippen molar-refractivity contribution in [2.75, 3.05) is 6.54 Å². The minimum Gasteiger partial charge on any atom is -0.312 e. The standard InChI is InChI=1S/C11H13NS.ClH/c1-2-12-8-10-7-9-5-3-4-6-11(9)13-10;/h3-7,12H,2,8H2,1H3;1H. The van der Waals surface area contributed by atoms with Crippen LogP contribution in [0.2, 0.25) is 0 Å². The van der Waals surface area contributed by atoms with Crippen LogP contribution in [0.4, 0.5) is 0 Å². The molecule has 1 aromatic heterocycles. The first-order valence-corrected chi connectivity index (χ1v) is 5.40. The van der Waals surface area contributed by atoms with Gasteiger partial charge < -0.3 is 5.32 Å². The van der Waals surface area contributed by atoms with Crippen LogP contribution in [0, 0.1) is 0 Å². The van der Waals surface area contributed by atoms with Crippen LogP contribution in [0.15, 0.2) is 30.3 Å². The highest BCUT2D eigenvalue weighted by Gasteiger charge is 1.98. The van der Waals surface area contributed by atoms with Crippen molar-refractivity contribution in [3.8, 4) is 0 Å². The van der Waals surface area contributed by atoms with Gasteiger partial charge in [0.1, 0.15) is 0 Å². The zero-order chi connectivity index (χ0) is 9.10. The van der Waals surface area contributed by atoms with Crippen LogP contribution in [0.1, 0.15) is 11.8 Å². The van der Waals surface area contributed by atoms with E-state index >= 15 is 0 Å². The molecule has 2 aromatic rings. The van der Waals surface area contributed by atoms with Gasteiger partial charge in [0.2, 0.25) is 0 Å². The maximum Gasteiger partial charge on any atom is 0.0346 e. The highest BCUT2D eigenvalue weighted by atomic mass is 35.5. The summed E-state index contributed by atoms with van der Waals surface area (Å²) < 4.78 is 1.38. The van der Waals surface area contributed by atoms with Crippen molar-refractivity contribution in [2.24, 2.45) is 0 Å². The van der Waals surface area contributed by atoms with Gasteiger partial charge in [0, 0.05) is 16.1 Å². The Bertz CT molecular complexity index is 364. The van der Waals surface area contributed by atoms with Gasteiger partial charge in [-0.25, -0.2) is 0 Å². The zero-order valence-corrected chi connectivity index (χ0v) is 9.75. The Hall–Kier alpha value is -0.570. The molecule has 2 rings (SSSR count). The monoisotopic (exact) mass is 227 g/mol. The van der Waals surface area contributed by atoms with E-state index in [0.29, 0.717) is 0 Å². The van der Waals surface area contributed by atoms with E-state index < -0.39 is 0 Å². The number of benzene rings is 1. The molecule has 0 aliphatic carbocycles. The van der Waals surface area contributed by atoms with E-state index in [1.807, 2.05) is 11.3 Å². The van der Waals surface area contributed by atoms with Gasteiger partial charge in [-0.15, -0.1) is 23.7 Å². The van der Waals surface area contributed by atoms with Crippen molar-refractivity contribution in [1.29, 1.82) is 0 Å². The van der Waals surface area contributed by atoms with Crippen molar-refractivity contribution in [1.82, 2.24) is 5.32 Å². The lowest BCUT2D eigenvalue weighted by atomic mass is 10.2. The van der Waals surface area contributed by atoms with Crippen LogP contribution in [0.3, 0.4) is 0 Å². The first kappa shape index (κ1) is 11.5. The summed E-state index contributed by atoms with van der Waals surface area (Å²) in [6.45, 7) is 4.16. The lowest BCUT2D eigenvalue weighted by Crippen LogP contribution is -2.10. The van der Waals surface area contributed by atoms with Crippen LogP contribution in [-0.4, -0.2) is 6.54 Å². The fraction of sp³-hybridized carbons (Fsp3) is 0.273. The first-order valence-electron chi connectivity index (χ1n) is 4.58. The Morgan fingerprint density at radius 3 is 2.79 bits per heavy atom. The molecule has 0 saturated heterocycles. The Morgan fingerprint density at radius 1 is 1.29 bits per heavy atom. The molecule has 1 aromatic carbocycles. The summed E-state index contributed by atoms with van der Waals surface area (Å²) in [6.07, 6.45) is 0. The number of rotatable bonds is 3. The molecule has 0 saturated carbocycles. The van der Waals surface area contributed by atoms with Gasteiger partial charge in [0.15, 0.2) is 0 Å². The van der Waals surface area contributed by atoms with E-state index in [-0.39, 0.29) is 12.4 Å². The molecule has 1 nitrogen and oxygen atoms in total. The molecule has 0 amide bonds. The molecule has 1 heterocycles. The van der Waals surface area contributed by atoms with E-state index in [9.17, 15) is 0 Å². The third kappa shape index (κ3) is 2.47. The van der Waals surface area contributed by atoms with Crippen molar-refractivity contribution < 1.29 is 0 Å². The van der Waals surface area contributed by atoms with Crippen LogP contribution in [0.5, 0.6) is 0 Å². The number of nitrogens with one attached hydrogen (secondary N) is 1. The van der Waals surface area contributed by atoms with Crippen molar-refractivity contribution in [3.63, 3.8) is 0 Å². The molecule has 0 aliphatic heterocycles. The molecule has 0 atom stereocenters. The van der Waals surface area contributed by atoms with Crippen LogP contribution in [-0.2, 0) is 6.54 Å². The predicted molar refractivity (Wildman–Crippen MR) is 66.5 cm³/mol. The summed E-state index contributed by atoms with van der Waals surface area (Å²) in [6, 6.07) is 10.8. The second-order valence-electron chi connectivity index (χ2n) is 3.03. The van der Waals surface area contributed by atoms with E-state index in [4.69, 9.17) is 0 Å². The molecule has 0 radical (unpaired) electrons. The van der Waals surface area contributed by atoms with Crippen LogP contribution in [0.25, 0.3) is 10.1 Å². The topological polar surface area (TPSA) is 12.0 Å². The summed E-state index contributed by atoms with van der Waals surface area (Å²) in [5.41, 5.74) is 0. The molecule has 0 spiro atoms. The van der Waals surface area contributed by atoms with Gasteiger partial charge in [-0.1, -0.05) is 25.1 Å². The van der Waals surface area contributed by atoms with Crippen molar-refractivity contribution in [2.45, 2.75) is 13.5 Å². The van der Waals surface area contributed by atoms with Crippen LogP contribution < -0.4 is 5.32 Å². The summed E-state index contributed by atoms with van der Waals surface area (Å²) >= 11 is 1.87. The number of thiophene rings is 1. The maximum atomic E-state index is 3.34. The number of hydrogen-bond donors (Lipinski definition) is 1. The van der Waals surface area contributed by atoms with Gasteiger partial charge >= 0.3 is 0 Å². The SMILES string of the molecule is CCNCc1cc2ccccc2s1.Cl. The van der Waals surface area contributed by atoms with Gasteiger partial charge in [-0.2, -0.15) is 0 Å². The van der Waals surface area contributed by atoms with Gasteiger partial charge in [-0.05, 0) is 24.1 Å². The summed E-state index contributed by atoms with van der Waals surface area (Å²) in [5.74, 6) is 0. The van der Waals surface area contributed by atoms with Crippen LogP contribution >= 0.6 is 23.7 Å². The van der Waals surface area contributed by atoms with Crippen molar-refractivity contribution in [3.05, 3.63) is 35.2 Å². The summed E-state index contributed by atoms with van der Waals surface area (Å²) in [7, 11) is 0. The predicted octanol–water partition coefficient (Wildman–Crippen LogP) is 3.43.